The largest absolute Gasteiger partial charge is 0.359 e. The molecular formula is C22H23N5O2. The van der Waals surface area contributed by atoms with Gasteiger partial charge in [0.05, 0.1) is 5.41 Å². The highest BCUT2D eigenvalue weighted by atomic mass is 16.2. The first-order valence-electron chi connectivity index (χ1n) is 9.62. The lowest BCUT2D eigenvalue weighted by molar-refractivity contribution is -0.129. The molecule has 0 saturated carbocycles. The first kappa shape index (κ1) is 18.9. The van der Waals surface area contributed by atoms with E-state index in [-0.39, 0.29) is 11.8 Å². The van der Waals surface area contributed by atoms with Gasteiger partial charge in [-0.05, 0) is 47.7 Å². The number of nitrogens with one attached hydrogen (secondary N) is 2. The van der Waals surface area contributed by atoms with Crippen molar-refractivity contribution in [1.82, 2.24) is 25.4 Å². The van der Waals surface area contributed by atoms with Crippen molar-refractivity contribution in [3.63, 3.8) is 0 Å². The van der Waals surface area contributed by atoms with Crippen molar-refractivity contribution in [3.05, 3.63) is 72.3 Å². The third kappa shape index (κ3) is 3.63. The minimum absolute atomic E-state index is 0.0399. The predicted octanol–water partition coefficient (Wildman–Crippen LogP) is 2.29. The van der Waals surface area contributed by atoms with Gasteiger partial charge >= 0.3 is 0 Å². The quantitative estimate of drug-likeness (QED) is 0.700. The molecule has 0 aliphatic carbocycles. The highest BCUT2D eigenvalue weighted by molar-refractivity contribution is 5.93. The van der Waals surface area contributed by atoms with Crippen molar-refractivity contribution in [1.29, 1.82) is 0 Å². The zero-order valence-corrected chi connectivity index (χ0v) is 16.3. The maximum atomic E-state index is 13.0. The summed E-state index contributed by atoms with van der Waals surface area (Å²) in [5, 5.41) is 9.39. The second-order valence-corrected chi connectivity index (χ2v) is 7.38. The molecule has 4 rings (SSSR count). The lowest BCUT2D eigenvalue weighted by Gasteiger charge is -2.28. The molecule has 3 heterocycles. The molecule has 1 aliphatic heterocycles. The predicted molar refractivity (Wildman–Crippen MR) is 109 cm³/mol. The van der Waals surface area contributed by atoms with E-state index < -0.39 is 5.41 Å². The molecule has 3 aromatic rings. The molecule has 2 N–H and O–H groups in total. The number of pyridine rings is 1. The van der Waals surface area contributed by atoms with Gasteiger partial charge in [-0.25, -0.2) is 0 Å². The molecule has 7 heteroatoms. The summed E-state index contributed by atoms with van der Waals surface area (Å²) < 4.78 is 0. The van der Waals surface area contributed by atoms with E-state index in [1.54, 1.807) is 36.6 Å². The third-order valence-corrected chi connectivity index (χ3v) is 5.62. The molecule has 7 nitrogen and oxygen atoms in total. The number of carbonyl (C=O) groups is 2. The Balaban J connectivity index is 1.65. The van der Waals surface area contributed by atoms with Gasteiger partial charge in [0.1, 0.15) is 5.69 Å². The van der Waals surface area contributed by atoms with Crippen LogP contribution in [0.1, 0.15) is 22.5 Å². The minimum atomic E-state index is -0.673. The van der Waals surface area contributed by atoms with Crippen LogP contribution in [0.2, 0.25) is 0 Å². The lowest BCUT2D eigenvalue weighted by atomic mass is 9.78. The molecule has 1 saturated heterocycles. The second kappa shape index (κ2) is 7.87. The summed E-state index contributed by atoms with van der Waals surface area (Å²) in [7, 11) is 1.65. The Labute approximate surface area is 169 Å². The Morgan fingerprint density at radius 1 is 1.14 bits per heavy atom. The number of hydrogen-bond donors (Lipinski definition) is 2. The van der Waals surface area contributed by atoms with Crippen LogP contribution in [0.4, 0.5) is 0 Å². The Morgan fingerprint density at radius 2 is 1.93 bits per heavy atom. The fourth-order valence-corrected chi connectivity index (χ4v) is 4.12. The molecule has 1 fully saturated rings. The fraction of sp³-hybridized carbons (Fsp3) is 0.273. The summed E-state index contributed by atoms with van der Waals surface area (Å²) in [6, 6.07) is 13.7. The van der Waals surface area contributed by atoms with Gasteiger partial charge in [-0.3, -0.25) is 19.7 Å². The number of likely N-dealkylation sites (tertiary alicyclic amines) is 1. The minimum Gasteiger partial charge on any atom is -0.359 e. The summed E-state index contributed by atoms with van der Waals surface area (Å²) in [6.45, 7) is 0.901. The first-order chi connectivity index (χ1) is 14.1. The van der Waals surface area contributed by atoms with Crippen LogP contribution in [0.5, 0.6) is 0 Å². The number of benzene rings is 1. The van der Waals surface area contributed by atoms with Gasteiger partial charge in [0.2, 0.25) is 5.91 Å². The van der Waals surface area contributed by atoms with Crippen LogP contribution in [0, 0.1) is 5.41 Å². The molecule has 2 aromatic heterocycles. The summed E-state index contributed by atoms with van der Waals surface area (Å²) >= 11 is 0. The van der Waals surface area contributed by atoms with Crippen molar-refractivity contribution in [2.75, 3.05) is 20.1 Å². The summed E-state index contributed by atoms with van der Waals surface area (Å²) in [5.41, 5.74) is 2.99. The Bertz CT molecular complexity index is 1000. The van der Waals surface area contributed by atoms with Gasteiger partial charge < -0.3 is 10.2 Å². The van der Waals surface area contributed by atoms with Crippen molar-refractivity contribution in [3.8, 4) is 11.1 Å². The van der Waals surface area contributed by atoms with Crippen LogP contribution >= 0.6 is 0 Å². The zero-order valence-electron chi connectivity index (χ0n) is 16.3. The van der Waals surface area contributed by atoms with Gasteiger partial charge in [0, 0.05) is 38.7 Å². The van der Waals surface area contributed by atoms with E-state index in [9.17, 15) is 9.59 Å². The highest BCUT2D eigenvalue weighted by Crippen LogP contribution is 2.37. The smallest absolute Gasteiger partial charge is 0.271 e. The van der Waals surface area contributed by atoms with Crippen LogP contribution in [0.15, 0.2) is 61.1 Å². The van der Waals surface area contributed by atoms with Crippen LogP contribution in [0.3, 0.4) is 0 Å². The van der Waals surface area contributed by atoms with Gasteiger partial charge in [-0.1, -0.05) is 24.3 Å². The molecule has 148 valence electrons. The number of amides is 2. The van der Waals surface area contributed by atoms with Gasteiger partial charge in [-0.2, -0.15) is 5.10 Å². The molecule has 0 spiro atoms. The molecule has 0 radical (unpaired) electrons. The maximum absolute atomic E-state index is 13.0. The Kier molecular flexibility index (Phi) is 5.12. The monoisotopic (exact) mass is 389 g/mol. The number of H-pyrrole nitrogens is 1. The average Bonchev–Trinajstić information content (AvgIpc) is 3.45. The van der Waals surface area contributed by atoms with Crippen molar-refractivity contribution in [2.45, 2.75) is 12.8 Å². The number of carbonyl (C=O) groups excluding carboxylic acids is 2. The molecule has 1 unspecified atom stereocenters. The summed E-state index contributed by atoms with van der Waals surface area (Å²) in [5.74, 6) is -0.169. The van der Waals surface area contributed by atoms with E-state index in [0.717, 1.165) is 16.7 Å². The van der Waals surface area contributed by atoms with Crippen LogP contribution in [0.25, 0.3) is 11.1 Å². The van der Waals surface area contributed by atoms with E-state index in [1.165, 1.54) is 0 Å². The number of rotatable bonds is 5. The average molecular weight is 389 g/mol. The normalized spacial score (nSPS) is 18.6. The fourth-order valence-electron chi connectivity index (χ4n) is 4.12. The Morgan fingerprint density at radius 3 is 2.66 bits per heavy atom. The molecule has 2 amide bonds. The SMILES string of the molecule is CNC(=O)C1(Cc2ccccc2-c2ccncc2)CCN(C(=O)c2ccn[nH]2)C1. The zero-order chi connectivity index (χ0) is 20.3. The topological polar surface area (TPSA) is 91.0 Å². The second-order valence-electron chi connectivity index (χ2n) is 7.38. The molecule has 1 atom stereocenters. The highest BCUT2D eigenvalue weighted by Gasteiger charge is 2.46. The van der Waals surface area contributed by atoms with Crippen molar-refractivity contribution >= 4 is 11.8 Å². The van der Waals surface area contributed by atoms with E-state index in [0.29, 0.717) is 31.6 Å². The molecular weight excluding hydrogens is 366 g/mol. The Hall–Kier alpha value is -3.48. The maximum Gasteiger partial charge on any atom is 0.271 e. The van der Waals surface area contributed by atoms with Gasteiger partial charge in [-0.15, -0.1) is 0 Å². The van der Waals surface area contributed by atoms with Crippen molar-refractivity contribution in [2.24, 2.45) is 5.41 Å². The third-order valence-electron chi connectivity index (χ3n) is 5.62. The summed E-state index contributed by atoms with van der Waals surface area (Å²) in [4.78, 5) is 31.6. The van der Waals surface area contributed by atoms with E-state index >= 15 is 0 Å². The number of aromatic amines is 1. The van der Waals surface area contributed by atoms with E-state index in [1.807, 2.05) is 24.3 Å². The molecule has 29 heavy (non-hydrogen) atoms. The van der Waals surface area contributed by atoms with Gasteiger partial charge in [0.25, 0.3) is 5.91 Å². The van der Waals surface area contributed by atoms with E-state index in [2.05, 4.69) is 32.6 Å². The van der Waals surface area contributed by atoms with Crippen LogP contribution in [-0.2, 0) is 11.2 Å². The van der Waals surface area contributed by atoms with Crippen molar-refractivity contribution < 1.29 is 9.59 Å². The standard InChI is InChI=1S/C22H23N5O2/c1-23-21(29)22(9-13-27(15-22)20(28)19-8-12-25-26-19)14-17-4-2-3-5-18(17)16-6-10-24-11-7-16/h2-8,10-12H,9,13-15H2,1H3,(H,23,29)(H,25,26). The molecule has 1 aliphatic rings. The first-order valence-corrected chi connectivity index (χ1v) is 9.62. The van der Waals surface area contributed by atoms with E-state index in [4.69, 9.17) is 0 Å². The molecule has 1 aromatic carbocycles. The number of hydrogen-bond acceptors (Lipinski definition) is 4. The number of nitrogens with zero attached hydrogens (tertiary/aromatic N) is 3. The van der Waals surface area contributed by atoms with Crippen LogP contribution < -0.4 is 5.32 Å². The van der Waals surface area contributed by atoms with Gasteiger partial charge in [0.15, 0.2) is 0 Å². The summed E-state index contributed by atoms with van der Waals surface area (Å²) in [6.07, 6.45) is 6.25. The number of aromatic nitrogens is 3. The lowest BCUT2D eigenvalue weighted by Crippen LogP contribution is -2.44. The van der Waals surface area contributed by atoms with Crippen LogP contribution in [-0.4, -0.2) is 52.0 Å². The molecule has 0 bridgehead atoms.